The molecule has 1 heterocycles. The third-order valence-corrected chi connectivity index (χ3v) is 3.81. The van der Waals surface area contributed by atoms with Gasteiger partial charge in [-0.25, -0.2) is 4.68 Å². The van der Waals surface area contributed by atoms with Crippen LogP contribution in [0.3, 0.4) is 0 Å². The highest BCUT2D eigenvalue weighted by molar-refractivity contribution is 5.80. The number of aromatic nitrogens is 2. The summed E-state index contributed by atoms with van der Waals surface area (Å²) in [5, 5.41) is 16.0. The smallest absolute Gasteiger partial charge is 0.308 e. The zero-order valence-corrected chi connectivity index (χ0v) is 13.5. The molecule has 0 aliphatic carbocycles. The molecule has 0 bridgehead atoms. The summed E-state index contributed by atoms with van der Waals surface area (Å²) in [7, 11) is 0. The molecular weight excluding hydrogens is 294 g/mol. The molecule has 0 aliphatic rings. The number of carboxylic acids is 1. The Morgan fingerprint density at radius 1 is 1.26 bits per heavy atom. The molecule has 2 N–H and O–H groups in total. The van der Waals surface area contributed by atoms with E-state index in [0.29, 0.717) is 0 Å². The average molecular weight is 315 g/mol. The van der Waals surface area contributed by atoms with Gasteiger partial charge in [-0.15, -0.1) is 0 Å². The lowest BCUT2D eigenvalue weighted by Crippen LogP contribution is -2.32. The molecule has 0 fully saturated rings. The van der Waals surface area contributed by atoms with Gasteiger partial charge >= 0.3 is 5.97 Å². The van der Waals surface area contributed by atoms with Crippen molar-refractivity contribution in [1.29, 1.82) is 0 Å². The van der Waals surface area contributed by atoms with Gasteiger partial charge in [0.1, 0.15) is 0 Å². The van der Waals surface area contributed by atoms with E-state index >= 15 is 0 Å². The Balaban J connectivity index is 2.11. The summed E-state index contributed by atoms with van der Waals surface area (Å²) < 4.78 is 1.82. The summed E-state index contributed by atoms with van der Waals surface area (Å²) >= 11 is 0. The number of nitrogens with zero attached hydrogens (tertiary/aromatic N) is 2. The summed E-state index contributed by atoms with van der Waals surface area (Å²) in [5.41, 5.74) is 3.52. The Kier molecular flexibility index (Phi) is 5.16. The zero-order chi connectivity index (χ0) is 17.0. The first-order chi connectivity index (χ1) is 10.9. The van der Waals surface area contributed by atoms with Crippen LogP contribution in [0.1, 0.15) is 23.9 Å². The van der Waals surface area contributed by atoms with Crippen LogP contribution < -0.4 is 5.32 Å². The fourth-order valence-corrected chi connectivity index (χ4v) is 2.33. The van der Waals surface area contributed by atoms with Crippen molar-refractivity contribution in [1.82, 2.24) is 15.1 Å². The Morgan fingerprint density at radius 3 is 2.52 bits per heavy atom. The Labute approximate surface area is 135 Å². The van der Waals surface area contributed by atoms with E-state index < -0.39 is 11.9 Å². The maximum Gasteiger partial charge on any atom is 0.308 e. The standard InChI is InChI=1S/C17H21N3O3/c1-11(17(22)23)10-18-16(21)9-15-12(2)19-20(13(15)3)14-7-5-4-6-8-14/h4-8,11H,9-10H2,1-3H3,(H,18,21)(H,22,23)/t11-/m0/s1. The van der Waals surface area contributed by atoms with Crippen molar-refractivity contribution in [3.63, 3.8) is 0 Å². The molecule has 0 radical (unpaired) electrons. The molecular formula is C17H21N3O3. The normalized spacial score (nSPS) is 12.0. The molecule has 23 heavy (non-hydrogen) atoms. The number of carbonyl (C=O) groups excluding carboxylic acids is 1. The SMILES string of the molecule is Cc1nn(-c2ccccc2)c(C)c1CC(=O)NC[C@H](C)C(=O)O. The van der Waals surface area contributed by atoms with Crippen molar-refractivity contribution >= 4 is 11.9 Å². The number of amides is 1. The molecule has 1 aromatic carbocycles. The van der Waals surface area contributed by atoms with Crippen molar-refractivity contribution in [2.24, 2.45) is 5.92 Å². The molecule has 0 aliphatic heterocycles. The van der Waals surface area contributed by atoms with Gasteiger partial charge in [0.05, 0.1) is 23.7 Å². The van der Waals surface area contributed by atoms with Gasteiger partial charge in [-0.3, -0.25) is 9.59 Å². The number of benzene rings is 1. The predicted octanol–water partition coefficient (Wildman–Crippen LogP) is 1.87. The van der Waals surface area contributed by atoms with E-state index in [-0.39, 0.29) is 18.9 Å². The monoisotopic (exact) mass is 315 g/mol. The molecule has 2 rings (SSSR count). The molecule has 1 aromatic heterocycles. The molecule has 1 amide bonds. The highest BCUT2D eigenvalue weighted by atomic mass is 16.4. The van der Waals surface area contributed by atoms with Crippen LogP contribution in [0.15, 0.2) is 30.3 Å². The molecule has 0 spiro atoms. The minimum absolute atomic E-state index is 0.124. The third kappa shape index (κ3) is 3.97. The third-order valence-electron chi connectivity index (χ3n) is 3.81. The second-order valence-corrected chi connectivity index (χ2v) is 5.62. The van der Waals surface area contributed by atoms with Crippen molar-refractivity contribution in [2.75, 3.05) is 6.54 Å². The van der Waals surface area contributed by atoms with Crippen molar-refractivity contribution in [2.45, 2.75) is 27.2 Å². The van der Waals surface area contributed by atoms with Crippen LogP contribution in [0.25, 0.3) is 5.69 Å². The average Bonchev–Trinajstić information content (AvgIpc) is 2.81. The van der Waals surface area contributed by atoms with Gasteiger partial charge in [-0.1, -0.05) is 25.1 Å². The lowest BCUT2D eigenvalue weighted by Gasteiger charge is -2.09. The maximum atomic E-state index is 12.0. The van der Waals surface area contributed by atoms with E-state index in [1.165, 1.54) is 0 Å². The van der Waals surface area contributed by atoms with Crippen LogP contribution in [0, 0.1) is 19.8 Å². The molecule has 1 atom stereocenters. The summed E-state index contributed by atoms with van der Waals surface area (Å²) in [6.45, 7) is 5.48. The van der Waals surface area contributed by atoms with Gasteiger partial charge in [-0.2, -0.15) is 5.10 Å². The summed E-state index contributed by atoms with van der Waals surface area (Å²) in [4.78, 5) is 22.8. The number of nitrogens with one attached hydrogen (secondary N) is 1. The van der Waals surface area contributed by atoms with E-state index in [2.05, 4.69) is 10.4 Å². The number of para-hydroxylation sites is 1. The van der Waals surface area contributed by atoms with Crippen molar-refractivity contribution in [3.05, 3.63) is 47.3 Å². The van der Waals surface area contributed by atoms with Crippen LogP contribution in [0.5, 0.6) is 0 Å². The Bertz CT molecular complexity index is 707. The number of hydrogen-bond acceptors (Lipinski definition) is 3. The lowest BCUT2D eigenvalue weighted by atomic mass is 10.1. The molecule has 6 heteroatoms. The van der Waals surface area contributed by atoms with Crippen molar-refractivity contribution in [3.8, 4) is 5.69 Å². The number of aliphatic carboxylic acids is 1. The van der Waals surface area contributed by atoms with E-state index in [1.54, 1.807) is 6.92 Å². The Morgan fingerprint density at radius 2 is 1.91 bits per heavy atom. The van der Waals surface area contributed by atoms with Crippen LogP contribution in [-0.4, -0.2) is 33.3 Å². The summed E-state index contributed by atoms with van der Waals surface area (Å²) in [6.07, 6.45) is 0.191. The fourth-order valence-electron chi connectivity index (χ4n) is 2.33. The van der Waals surface area contributed by atoms with Gasteiger partial charge < -0.3 is 10.4 Å². The number of rotatable bonds is 6. The van der Waals surface area contributed by atoms with E-state index in [1.807, 2.05) is 48.9 Å². The molecule has 6 nitrogen and oxygen atoms in total. The quantitative estimate of drug-likeness (QED) is 0.852. The van der Waals surface area contributed by atoms with Gasteiger partial charge in [0.15, 0.2) is 0 Å². The first-order valence-corrected chi connectivity index (χ1v) is 7.50. The van der Waals surface area contributed by atoms with Crippen LogP contribution in [-0.2, 0) is 16.0 Å². The fraction of sp³-hybridized carbons (Fsp3) is 0.353. The minimum Gasteiger partial charge on any atom is -0.481 e. The lowest BCUT2D eigenvalue weighted by molar-refractivity contribution is -0.141. The number of aryl methyl sites for hydroxylation is 1. The van der Waals surface area contributed by atoms with Crippen molar-refractivity contribution < 1.29 is 14.7 Å². The van der Waals surface area contributed by atoms with E-state index in [0.717, 1.165) is 22.6 Å². The second-order valence-electron chi connectivity index (χ2n) is 5.62. The first-order valence-electron chi connectivity index (χ1n) is 7.50. The molecule has 0 saturated heterocycles. The second kappa shape index (κ2) is 7.09. The van der Waals surface area contributed by atoms with Gasteiger partial charge in [0.2, 0.25) is 5.91 Å². The zero-order valence-electron chi connectivity index (χ0n) is 13.5. The van der Waals surface area contributed by atoms with Gasteiger partial charge in [0.25, 0.3) is 0 Å². The van der Waals surface area contributed by atoms with Crippen LogP contribution in [0.4, 0.5) is 0 Å². The van der Waals surface area contributed by atoms with E-state index in [9.17, 15) is 9.59 Å². The highest BCUT2D eigenvalue weighted by Gasteiger charge is 2.17. The predicted molar refractivity (Wildman–Crippen MR) is 86.6 cm³/mol. The summed E-state index contributed by atoms with van der Waals surface area (Å²) in [6, 6.07) is 9.72. The topological polar surface area (TPSA) is 84.2 Å². The largest absolute Gasteiger partial charge is 0.481 e. The van der Waals surface area contributed by atoms with E-state index in [4.69, 9.17) is 5.11 Å². The molecule has 2 aromatic rings. The summed E-state index contributed by atoms with van der Waals surface area (Å²) in [5.74, 6) is -1.72. The number of carboxylic acid groups (broad SMARTS) is 1. The molecule has 122 valence electrons. The van der Waals surface area contributed by atoms with Gasteiger partial charge in [-0.05, 0) is 26.0 Å². The Hall–Kier alpha value is -2.63. The highest BCUT2D eigenvalue weighted by Crippen LogP contribution is 2.18. The van der Waals surface area contributed by atoms with Crippen LogP contribution in [0.2, 0.25) is 0 Å². The van der Waals surface area contributed by atoms with Crippen LogP contribution >= 0.6 is 0 Å². The van der Waals surface area contributed by atoms with Gasteiger partial charge in [0, 0.05) is 17.8 Å². The number of carbonyl (C=O) groups is 2. The molecule has 0 unspecified atom stereocenters. The maximum absolute atomic E-state index is 12.0. The minimum atomic E-state index is -0.922. The number of hydrogen-bond donors (Lipinski definition) is 2. The first kappa shape index (κ1) is 16.7. The molecule has 0 saturated carbocycles.